The molecule has 4 heteroatoms. The zero-order valence-corrected chi connectivity index (χ0v) is 8.26. The number of carbonyl (C=O) groups excluding carboxylic acids is 1. The van der Waals surface area contributed by atoms with Gasteiger partial charge in [0.05, 0.1) is 5.60 Å². The van der Waals surface area contributed by atoms with E-state index in [4.69, 9.17) is 0 Å². The van der Waals surface area contributed by atoms with E-state index in [-0.39, 0.29) is 12.1 Å². The fraction of sp³-hybridized carbons (Fsp3) is 0.889. The minimum atomic E-state index is -0.607. The predicted octanol–water partition coefficient (Wildman–Crippen LogP) is 0.609. The second-order valence-corrected chi connectivity index (χ2v) is 4.01. The quantitative estimate of drug-likeness (QED) is 0.562. The Hall–Kier alpha value is -0.770. The molecule has 13 heavy (non-hydrogen) atoms. The van der Waals surface area contributed by atoms with Crippen LogP contribution in [0.1, 0.15) is 32.6 Å². The molecule has 0 radical (unpaired) electrons. The van der Waals surface area contributed by atoms with Crippen LogP contribution in [0.4, 0.5) is 4.79 Å². The summed E-state index contributed by atoms with van der Waals surface area (Å²) in [6.45, 7) is 1.82. The van der Waals surface area contributed by atoms with Crippen molar-refractivity contribution in [3.63, 3.8) is 0 Å². The Bertz CT molecular complexity index is 192. The van der Waals surface area contributed by atoms with Crippen molar-refractivity contribution in [3.05, 3.63) is 0 Å². The maximum absolute atomic E-state index is 11.0. The number of urea groups is 1. The third kappa shape index (κ3) is 3.22. The highest BCUT2D eigenvalue weighted by Crippen LogP contribution is 2.27. The van der Waals surface area contributed by atoms with Gasteiger partial charge in [-0.25, -0.2) is 4.79 Å². The van der Waals surface area contributed by atoms with E-state index < -0.39 is 5.60 Å². The van der Waals surface area contributed by atoms with Crippen molar-refractivity contribution in [2.24, 2.45) is 0 Å². The van der Waals surface area contributed by atoms with Crippen LogP contribution >= 0.6 is 0 Å². The lowest BCUT2D eigenvalue weighted by molar-refractivity contribution is 0.0119. The molecular formula is C9H18N2O2. The van der Waals surface area contributed by atoms with Crippen LogP contribution in [-0.2, 0) is 0 Å². The van der Waals surface area contributed by atoms with Gasteiger partial charge in [0, 0.05) is 13.1 Å². The molecule has 0 unspecified atom stereocenters. The van der Waals surface area contributed by atoms with Gasteiger partial charge in [0.1, 0.15) is 0 Å². The lowest BCUT2D eigenvalue weighted by atomic mass is 9.83. The molecule has 1 saturated carbocycles. The summed E-state index contributed by atoms with van der Waals surface area (Å²) in [6.07, 6.45) is 3.42. The van der Waals surface area contributed by atoms with E-state index in [1.807, 2.05) is 6.92 Å². The summed E-state index contributed by atoms with van der Waals surface area (Å²) in [6, 6.07) is -0.0496. The standard InChI is InChI=1S/C9H18N2O2/c1-9(13)5-3-4-7(6-9)11-8(12)10-2/h7,13H,3-6H2,1-2H3,(H2,10,11,12)/t7-,9-/m1/s1. The van der Waals surface area contributed by atoms with Crippen LogP contribution < -0.4 is 10.6 Å². The average molecular weight is 186 g/mol. The molecule has 76 valence electrons. The van der Waals surface area contributed by atoms with Crippen LogP contribution in [0.25, 0.3) is 0 Å². The molecule has 2 atom stereocenters. The van der Waals surface area contributed by atoms with Crippen molar-refractivity contribution in [2.75, 3.05) is 7.05 Å². The highest BCUT2D eigenvalue weighted by molar-refractivity contribution is 5.73. The van der Waals surface area contributed by atoms with Crippen LogP contribution in [0.2, 0.25) is 0 Å². The van der Waals surface area contributed by atoms with Gasteiger partial charge in [0.2, 0.25) is 0 Å². The summed E-state index contributed by atoms with van der Waals surface area (Å²) in [7, 11) is 1.59. The first kappa shape index (κ1) is 10.3. The molecule has 1 fully saturated rings. The van der Waals surface area contributed by atoms with Crippen molar-refractivity contribution in [3.8, 4) is 0 Å². The lowest BCUT2D eigenvalue weighted by Gasteiger charge is -2.34. The molecule has 0 spiro atoms. The normalized spacial score (nSPS) is 33.9. The zero-order valence-electron chi connectivity index (χ0n) is 8.26. The SMILES string of the molecule is CNC(=O)N[C@@H]1CCC[C@@](C)(O)C1. The smallest absolute Gasteiger partial charge is 0.314 e. The Morgan fingerprint density at radius 2 is 2.31 bits per heavy atom. The van der Waals surface area contributed by atoms with Crippen LogP contribution in [-0.4, -0.2) is 29.8 Å². The molecule has 3 N–H and O–H groups in total. The molecule has 0 aliphatic heterocycles. The fourth-order valence-corrected chi connectivity index (χ4v) is 1.85. The number of aliphatic hydroxyl groups is 1. The van der Waals surface area contributed by atoms with Gasteiger partial charge in [-0.3, -0.25) is 0 Å². The summed E-state index contributed by atoms with van der Waals surface area (Å²) >= 11 is 0. The fourth-order valence-electron chi connectivity index (χ4n) is 1.85. The van der Waals surface area contributed by atoms with E-state index in [2.05, 4.69) is 10.6 Å². The topological polar surface area (TPSA) is 61.4 Å². The van der Waals surface area contributed by atoms with Gasteiger partial charge >= 0.3 is 6.03 Å². The number of rotatable bonds is 1. The molecule has 0 aromatic heterocycles. The maximum Gasteiger partial charge on any atom is 0.314 e. The van der Waals surface area contributed by atoms with E-state index in [0.29, 0.717) is 6.42 Å². The number of hydrogen-bond acceptors (Lipinski definition) is 2. The molecule has 0 saturated heterocycles. The molecule has 0 aromatic rings. The minimum absolute atomic E-state index is 0.115. The summed E-state index contributed by atoms with van der Waals surface area (Å²) in [5.41, 5.74) is -0.607. The van der Waals surface area contributed by atoms with Gasteiger partial charge in [-0.15, -0.1) is 0 Å². The Kier molecular flexibility index (Phi) is 3.14. The third-order valence-corrected chi connectivity index (χ3v) is 2.52. The van der Waals surface area contributed by atoms with Gasteiger partial charge in [-0.1, -0.05) is 0 Å². The molecule has 1 aliphatic carbocycles. The van der Waals surface area contributed by atoms with E-state index in [1.54, 1.807) is 7.05 Å². The van der Waals surface area contributed by atoms with Crippen LogP contribution in [0, 0.1) is 0 Å². The van der Waals surface area contributed by atoms with Crippen molar-refractivity contribution >= 4 is 6.03 Å². The largest absolute Gasteiger partial charge is 0.390 e. The molecule has 2 amide bonds. The summed E-state index contributed by atoms with van der Waals surface area (Å²) in [4.78, 5) is 11.0. The first-order valence-corrected chi connectivity index (χ1v) is 4.74. The Balaban J connectivity index is 2.39. The predicted molar refractivity (Wildman–Crippen MR) is 50.5 cm³/mol. The van der Waals surface area contributed by atoms with Gasteiger partial charge in [-0.2, -0.15) is 0 Å². The molecule has 0 aromatic carbocycles. The second kappa shape index (κ2) is 3.96. The number of nitrogens with one attached hydrogen (secondary N) is 2. The van der Waals surface area contributed by atoms with Gasteiger partial charge < -0.3 is 15.7 Å². The Morgan fingerprint density at radius 3 is 2.85 bits per heavy atom. The van der Waals surface area contributed by atoms with Crippen LogP contribution in [0.15, 0.2) is 0 Å². The summed E-state index contributed by atoms with van der Waals surface area (Å²) in [5, 5.41) is 15.1. The first-order chi connectivity index (χ1) is 6.03. The monoisotopic (exact) mass is 186 g/mol. The zero-order chi connectivity index (χ0) is 9.90. The van der Waals surface area contributed by atoms with E-state index in [9.17, 15) is 9.90 Å². The highest BCUT2D eigenvalue weighted by Gasteiger charge is 2.30. The Morgan fingerprint density at radius 1 is 1.62 bits per heavy atom. The number of amides is 2. The molecule has 0 bridgehead atoms. The molecule has 0 heterocycles. The van der Waals surface area contributed by atoms with Crippen molar-refractivity contribution in [1.82, 2.24) is 10.6 Å². The third-order valence-electron chi connectivity index (χ3n) is 2.52. The van der Waals surface area contributed by atoms with Gasteiger partial charge in [0.15, 0.2) is 0 Å². The van der Waals surface area contributed by atoms with E-state index in [1.165, 1.54) is 0 Å². The average Bonchev–Trinajstić information content (AvgIpc) is 2.02. The van der Waals surface area contributed by atoms with Crippen molar-refractivity contribution in [1.29, 1.82) is 0 Å². The molecule has 4 nitrogen and oxygen atoms in total. The molecular weight excluding hydrogens is 168 g/mol. The number of carbonyl (C=O) groups is 1. The lowest BCUT2D eigenvalue weighted by Crippen LogP contribution is -2.46. The van der Waals surface area contributed by atoms with Crippen molar-refractivity contribution < 1.29 is 9.90 Å². The summed E-state index contributed by atoms with van der Waals surface area (Å²) in [5.74, 6) is 0. The summed E-state index contributed by atoms with van der Waals surface area (Å²) < 4.78 is 0. The maximum atomic E-state index is 11.0. The Labute approximate surface area is 78.7 Å². The highest BCUT2D eigenvalue weighted by atomic mass is 16.3. The van der Waals surface area contributed by atoms with Crippen molar-refractivity contribution in [2.45, 2.75) is 44.2 Å². The molecule has 1 aliphatic rings. The van der Waals surface area contributed by atoms with E-state index >= 15 is 0 Å². The minimum Gasteiger partial charge on any atom is -0.390 e. The van der Waals surface area contributed by atoms with Gasteiger partial charge in [-0.05, 0) is 32.6 Å². The molecule has 1 rings (SSSR count). The second-order valence-electron chi connectivity index (χ2n) is 4.01. The van der Waals surface area contributed by atoms with Gasteiger partial charge in [0.25, 0.3) is 0 Å². The first-order valence-electron chi connectivity index (χ1n) is 4.74. The number of hydrogen-bond donors (Lipinski definition) is 3. The van der Waals surface area contributed by atoms with Crippen LogP contribution in [0.5, 0.6) is 0 Å². The van der Waals surface area contributed by atoms with Crippen LogP contribution in [0.3, 0.4) is 0 Å². The van der Waals surface area contributed by atoms with E-state index in [0.717, 1.165) is 19.3 Å².